The molecule has 0 amide bonds. The number of rotatable bonds is 1. The minimum absolute atomic E-state index is 0.200. The van der Waals surface area contributed by atoms with E-state index in [1.165, 1.54) is 0 Å². The fraction of sp³-hybridized carbons (Fsp3) is 0.300. The standard InChI is InChI=1S/C10H12N2O/c1-8-7-11-10(13-8)12-9-5-3-2-4-6-9/h2-6,8H,7H2,1H3,(H,11,12)/t8-/m0/s1. The van der Waals surface area contributed by atoms with Crippen molar-refractivity contribution in [2.24, 2.45) is 4.99 Å². The predicted octanol–water partition coefficient (Wildman–Crippen LogP) is 1.87. The van der Waals surface area contributed by atoms with Gasteiger partial charge in [0.05, 0.1) is 6.54 Å². The molecule has 13 heavy (non-hydrogen) atoms. The molecule has 1 aliphatic rings. The van der Waals surface area contributed by atoms with Crippen molar-refractivity contribution in [2.75, 3.05) is 11.9 Å². The van der Waals surface area contributed by atoms with Crippen molar-refractivity contribution in [1.29, 1.82) is 0 Å². The van der Waals surface area contributed by atoms with Crippen molar-refractivity contribution < 1.29 is 4.74 Å². The Kier molecular flexibility index (Phi) is 2.17. The monoisotopic (exact) mass is 176 g/mol. The van der Waals surface area contributed by atoms with Gasteiger partial charge in [0, 0.05) is 5.69 Å². The lowest BCUT2D eigenvalue weighted by atomic mass is 10.3. The van der Waals surface area contributed by atoms with Gasteiger partial charge in [-0.25, -0.2) is 4.99 Å². The van der Waals surface area contributed by atoms with Crippen LogP contribution in [0.25, 0.3) is 0 Å². The van der Waals surface area contributed by atoms with E-state index in [4.69, 9.17) is 4.74 Å². The SMILES string of the molecule is C[C@H]1CN=C(Nc2ccccc2)O1. The van der Waals surface area contributed by atoms with Crippen LogP contribution in [0.1, 0.15) is 6.92 Å². The maximum atomic E-state index is 5.40. The highest BCUT2D eigenvalue weighted by Gasteiger charge is 2.14. The quantitative estimate of drug-likeness (QED) is 0.708. The minimum atomic E-state index is 0.200. The Morgan fingerprint density at radius 2 is 2.15 bits per heavy atom. The molecule has 0 fully saturated rings. The van der Waals surface area contributed by atoms with Crippen LogP contribution in [-0.4, -0.2) is 18.7 Å². The van der Waals surface area contributed by atoms with E-state index in [0.717, 1.165) is 12.2 Å². The van der Waals surface area contributed by atoms with Crippen LogP contribution in [0.2, 0.25) is 0 Å². The minimum Gasteiger partial charge on any atom is -0.460 e. The van der Waals surface area contributed by atoms with Gasteiger partial charge in [-0.15, -0.1) is 0 Å². The average Bonchev–Trinajstić information content (AvgIpc) is 2.53. The summed E-state index contributed by atoms with van der Waals surface area (Å²) in [4.78, 5) is 4.20. The Morgan fingerprint density at radius 3 is 2.77 bits per heavy atom. The first kappa shape index (κ1) is 8.10. The molecule has 1 aromatic rings. The smallest absolute Gasteiger partial charge is 0.289 e. The first-order valence-electron chi connectivity index (χ1n) is 4.38. The first-order chi connectivity index (χ1) is 6.34. The Labute approximate surface area is 77.4 Å². The van der Waals surface area contributed by atoms with Crippen molar-refractivity contribution in [3.63, 3.8) is 0 Å². The zero-order valence-electron chi connectivity index (χ0n) is 7.53. The number of hydrogen-bond donors (Lipinski definition) is 1. The molecule has 1 atom stereocenters. The number of nitrogens with one attached hydrogen (secondary N) is 1. The Bertz CT molecular complexity index is 308. The van der Waals surface area contributed by atoms with Crippen LogP contribution in [0.3, 0.4) is 0 Å². The van der Waals surface area contributed by atoms with Crippen LogP contribution in [0.4, 0.5) is 5.69 Å². The second-order valence-electron chi connectivity index (χ2n) is 3.07. The third kappa shape index (κ3) is 1.99. The van der Waals surface area contributed by atoms with Crippen LogP contribution in [0.15, 0.2) is 35.3 Å². The second kappa shape index (κ2) is 3.47. The molecule has 2 rings (SSSR count). The number of ether oxygens (including phenoxy) is 1. The summed E-state index contributed by atoms with van der Waals surface area (Å²) in [6, 6.07) is 10.5. The summed E-state index contributed by atoms with van der Waals surface area (Å²) in [5.74, 6) is 0. The third-order valence-electron chi connectivity index (χ3n) is 1.83. The molecule has 1 aromatic carbocycles. The number of hydrogen-bond acceptors (Lipinski definition) is 3. The average molecular weight is 176 g/mol. The molecule has 0 aromatic heterocycles. The highest BCUT2D eigenvalue weighted by molar-refractivity contribution is 5.89. The molecule has 68 valence electrons. The van der Waals surface area contributed by atoms with Crippen molar-refractivity contribution in [3.05, 3.63) is 30.3 Å². The molecule has 3 nitrogen and oxygen atoms in total. The molecule has 0 radical (unpaired) electrons. The maximum Gasteiger partial charge on any atom is 0.289 e. The van der Waals surface area contributed by atoms with Gasteiger partial charge in [0.15, 0.2) is 0 Å². The number of anilines is 1. The Morgan fingerprint density at radius 1 is 1.38 bits per heavy atom. The molecule has 0 bridgehead atoms. The van der Waals surface area contributed by atoms with Crippen LogP contribution < -0.4 is 5.32 Å². The summed E-state index contributed by atoms with van der Waals surface area (Å²) in [5.41, 5.74) is 1.01. The number of amidine groups is 1. The molecular weight excluding hydrogens is 164 g/mol. The van der Waals surface area contributed by atoms with Gasteiger partial charge >= 0.3 is 0 Å². The van der Waals surface area contributed by atoms with Crippen LogP contribution in [-0.2, 0) is 4.74 Å². The normalized spacial score (nSPS) is 20.7. The van der Waals surface area contributed by atoms with Gasteiger partial charge < -0.3 is 10.1 Å². The van der Waals surface area contributed by atoms with Crippen molar-refractivity contribution in [1.82, 2.24) is 0 Å². The van der Waals surface area contributed by atoms with E-state index in [0.29, 0.717) is 6.02 Å². The molecule has 0 spiro atoms. The van der Waals surface area contributed by atoms with Crippen molar-refractivity contribution in [3.8, 4) is 0 Å². The maximum absolute atomic E-state index is 5.40. The first-order valence-corrected chi connectivity index (χ1v) is 4.38. The van der Waals surface area contributed by atoms with Gasteiger partial charge in [-0.05, 0) is 19.1 Å². The molecule has 0 aliphatic carbocycles. The molecule has 0 unspecified atom stereocenters. The summed E-state index contributed by atoms with van der Waals surface area (Å²) in [6.07, 6.45) is 0.200. The van der Waals surface area contributed by atoms with Crippen LogP contribution in [0, 0.1) is 0 Å². The summed E-state index contributed by atoms with van der Waals surface area (Å²) < 4.78 is 5.40. The van der Waals surface area contributed by atoms with E-state index < -0.39 is 0 Å². The van der Waals surface area contributed by atoms with E-state index in [9.17, 15) is 0 Å². The number of benzene rings is 1. The molecule has 0 saturated heterocycles. The predicted molar refractivity (Wildman–Crippen MR) is 52.9 cm³/mol. The zero-order chi connectivity index (χ0) is 9.10. The summed E-state index contributed by atoms with van der Waals surface area (Å²) in [5, 5.41) is 3.10. The molecule has 1 aliphatic heterocycles. The molecule has 3 heteroatoms. The molecule has 0 saturated carbocycles. The highest BCUT2D eigenvalue weighted by Crippen LogP contribution is 2.09. The van der Waals surface area contributed by atoms with E-state index in [1.807, 2.05) is 37.3 Å². The zero-order valence-corrected chi connectivity index (χ0v) is 7.53. The van der Waals surface area contributed by atoms with Crippen LogP contribution in [0.5, 0.6) is 0 Å². The van der Waals surface area contributed by atoms with Crippen molar-refractivity contribution >= 4 is 11.7 Å². The van der Waals surface area contributed by atoms with Gasteiger partial charge in [0.2, 0.25) is 0 Å². The molecule has 1 N–H and O–H groups in total. The molecular formula is C10H12N2O. The Hall–Kier alpha value is -1.51. The van der Waals surface area contributed by atoms with E-state index in [1.54, 1.807) is 0 Å². The Balaban J connectivity index is 2.00. The topological polar surface area (TPSA) is 33.6 Å². The lowest BCUT2D eigenvalue weighted by Gasteiger charge is -2.07. The molecule has 1 heterocycles. The number of para-hydroxylation sites is 1. The fourth-order valence-corrected chi connectivity index (χ4v) is 1.19. The number of nitrogens with zero attached hydrogens (tertiary/aromatic N) is 1. The van der Waals surface area contributed by atoms with Crippen LogP contribution >= 0.6 is 0 Å². The highest BCUT2D eigenvalue weighted by atomic mass is 16.5. The second-order valence-corrected chi connectivity index (χ2v) is 3.07. The van der Waals surface area contributed by atoms with E-state index >= 15 is 0 Å². The van der Waals surface area contributed by atoms with Gasteiger partial charge in [0.1, 0.15) is 6.10 Å². The fourth-order valence-electron chi connectivity index (χ4n) is 1.19. The summed E-state index contributed by atoms with van der Waals surface area (Å²) >= 11 is 0. The van der Waals surface area contributed by atoms with Crippen molar-refractivity contribution in [2.45, 2.75) is 13.0 Å². The third-order valence-corrected chi connectivity index (χ3v) is 1.83. The lowest BCUT2D eigenvalue weighted by Crippen LogP contribution is -2.15. The number of aliphatic imine (C=N–C) groups is 1. The van der Waals surface area contributed by atoms with Gasteiger partial charge in [-0.2, -0.15) is 0 Å². The van der Waals surface area contributed by atoms with E-state index in [2.05, 4.69) is 10.3 Å². The van der Waals surface area contributed by atoms with Gasteiger partial charge in [-0.3, -0.25) is 0 Å². The lowest BCUT2D eigenvalue weighted by molar-refractivity contribution is 0.245. The largest absolute Gasteiger partial charge is 0.460 e. The van der Waals surface area contributed by atoms with Gasteiger partial charge in [-0.1, -0.05) is 18.2 Å². The summed E-state index contributed by atoms with van der Waals surface area (Å²) in [7, 11) is 0. The summed E-state index contributed by atoms with van der Waals surface area (Å²) in [6.45, 7) is 2.75. The van der Waals surface area contributed by atoms with E-state index in [-0.39, 0.29) is 6.10 Å². The van der Waals surface area contributed by atoms with Gasteiger partial charge in [0.25, 0.3) is 6.02 Å².